The Bertz CT molecular complexity index is 370. The summed E-state index contributed by atoms with van der Waals surface area (Å²) in [6.07, 6.45) is 0.858. The van der Waals surface area contributed by atoms with Gasteiger partial charge < -0.3 is 4.74 Å². The van der Waals surface area contributed by atoms with Gasteiger partial charge in [0.1, 0.15) is 12.4 Å². The lowest BCUT2D eigenvalue weighted by atomic mass is 10.0. The molecule has 1 aromatic rings. The second-order valence-corrected chi connectivity index (χ2v) is 4.20. The maximum atomic E-state index is 11.4. The van der Waals surface area contributed by atoms with Crippen molar-refractivity contribution >= 4 is 11.8 Å². The molecule has 0 heterocycles. The molecular formula is C14H18O3. The van der Waals surface area contributed by atoms with Gasteiger partial charge in [0.15, 0.2) is 0 Å². The first-order valence-electron chi connectivity index (χ1n) is 5.79. The molecule has 0 aromatic heterocycles. The molecule has 3 heteroatoms. The summed E-state index contributed by atoms with van der Waals surface area (Å²) in [6, 6.07) is 9.54. The van der Waals surface area contributed by atoms with Gasteiger partial charge in [-0.25, -0.2) is 0 Å². The van der Waals surface area contributed by atoms with Crippen molar-refractivity contribution in [1.82, 2.24) is 0 Å². The van der Waals surface area contributed by atoms with E-state index < -0.39 is 0 Å². The Kier molecular flexibility index (Phi) is 5.40. The summed E-state index contributed by atoms with van der Waals surface area (Å²) in [5, 5.41) is 0. The van der Waals surface area contributed by atoms with Gasteiger partial charge in [-0.15, -0.1) is 0 Å². The molecule has 1 atom stereocenters. The number of benzene rings is 1. The zero-order chi connectivity index (χ0) is 12.7. The highest BCUT2D eigenvalue weighted by Crippen LogP contribution is 2.08. The molecule has 0 fully saturated rings. The van der Waals surface area contributed by atoms with Crippen LogP contribution in [0.2, 0.25) is 0 Å². The number of hydrogen-bond acceptors (Lipinski definition) is 3. The SMILES string of the molecule is CC(=O)[C@@H](C)CCC(=O)OCc1ccccc1. The zero-order valence-corrected chi connectivity index (χ0v) is 10.3. The average Bonchev–Trinajstić information content (AvgIpc) is 2.34. The van der Waals surface area contributed by atoms with E-state index in [1.165, 1.54) is 0 Å². The Labute approximate surface area is 102 Å². The molecule has 0 amide bonds. The quantitative estimate of drug-likeness (QED) is 0.711. The Morgan fingerprint density at radius 2 is 1.88 bits per heavy atom. The van der Waals surface area contributed by atoms with Crippen molar-refractivity contribution in [1.29, 1.82) is 0 Å². The van der Waals surface area contributed by atoms with E-state index in [9.17, 15) is 9.59 Å². The first-order valence-corrected chi connectivity index (χ1v) is 5.79. The number of hydrogen-bond donors (Lipinski definition) is 0. The highest BCUT2D eigenvalue weighted by molar-refractivity contribution is 5.78. The Morgan fingerprint density at radius 3 is 2.47 bits per heavy atom. The van der Waals surface area contributed by atoms with Crippen LogP contribution in [-0.2, 0) is 20.9 Å². The van der Waals surface area contributed by atoms with Crippen molar-refractivity contribution in [2.24, 2.45) is 5.92 Å². The maximum Gasteiger partial charge on any atom is 0.306 e. The molecule has 0 aliphatic carbocycles. The lowest BCUT2D eigenvalue weighted by molar-refractivity contribution is -0.145. The molecule has 0 radical (unpaired) electrons. The van der Waals surface area contributed by atoms with Crippen molar-refractivity contribution in [2.75, 3.05) is 0 Å². The summed E-state index contributed by atoms with van der Waals surface area (Å²) in [4.78, 5) is 22.4. The normalized spacial score (nSPS) is 11.9. The van der Waals surface area contributed by atoms with Gasteiger partial charge in [-0.1, -0.05) is 37.3 Å². The van der Waals surface area contributed by atoms with Crippen molar-refractivity contribution in [3.63, 3.8) is 0 Å². The minimum Gasteiger partial charge on any atom is -0.461 e. The second kappa shape index (κ2) is 6.84. The third kappa shape index (κ3) is 5.29. The third-order valence-electron chi connectivity index (χ3n) is 2.72. The molecule has 0 saturated heterocycles. The van der Waals surface area contributed by atoms with Crippen molar-refractivity contribution < 1.29 is 14.3 Å². The number of esters is 1. The van der Waals surface area contributed by atoms with E-state index in [-0.39, 0.29) is 17.7 Å². The van der Waals surface area contributed by atoms with Gasteiger partial charge in [0, 0.05) is 12.3 Å². The van der Waals surface area contributed by atoms with E-state index in [4.69, 9.17) is 4.74 Å². The lowest BCUT2D eigenvalue weighted by Gasteiger charge is -2.07. The molecule has 3 nitrogen and oxygen atoms in total. The first-order chi connectivity index (χ1) is 8.09. The van der Waals surface area contributed by atoms with Gasteiger partial charge >= 0.3 is 5.97 Å². The average molecular weight is 234 g/mol. The molecule has 0 spiro atoms. The number of rotatable bonds is 6. The molecule has 17 heavy (non-hydrogen) atoms. The standard InChI is InChI=1S/C14H18O3/c1-11(12(2)15)8-9-14(16)17-10-13-6-4-3-5-7-13/h3-7,11H,8-10H2,1-2H3/t11-/m0/s1. The predicted molar refractivity (Wildman–Crippen MR) is 65.3 cm³/mol. The fraction of sp³-hybridized carbons (Fsp3) is 0.429. The van der Waals surface area contributed by atoms with E-state index >= 15 is 0 Å². The molecule has 1 rings (SSSR count). The molecule has 0 N–H and O–H groups in total. The first kappa shape index (κ1) is 13.4. The van der Waals surface area contributed by atoms with Crippen LogP contribution in [0.15, 0.2) is 30.3 Å². The number of carbonyl (C=O) groups is 2. The summed E-state index contributed by atoms with van der Waals surface area (Å²) in [5.74, 6) is -0.206. The smallest absolute Gasteiger partial charge is 0.306 e. The molecule has 0 bridgehead atoms. The van der Waals surface area contributed by atoms with E-state index in [0.717, 1.165) is 5.56 Å². The van der Waals surface area contributed by atoms with Crippen LogP contribution >= 0.6 is 0 Å². The molecule has 92 valence electrons. The van der Waals surface area contributed by atoms with Gasteiger partial charge in [0.25, 0.3) is 0 Å². The van der Waals surface area contributed by atoms with Crippen molar-refractivity contribution in [3.8, 4) is 0 Å². The monoisotopic (exact) mass is 234 g/mol. The van der Waals surface area contributed by atoms with Crippen LogP contribution < -0.4 is 0 Å². The predicted octanol–water partition coefficient (Wildman–Crippen LogP) is 2.74. The summed E-state index contributed by atoms with van der Waals surface area (Å²) in [7, 11) is 0. The minimum absolute atomic E-state index is 0.0701. The zero-order valence-electron chi connectivity index (χ0n) is 10.3. The highest BCUT2D eigenvalue weighted by atomic mass is 16.5. The molecule has 0 unspecified atom stereocenters. The summed E-state index contributed by atoms with van der Waals surface area (Å²) >= 11 is 0. The largest absolute Gasteiger partial charge is 0.461 e. The fourth-order valence-corrected chi connectivity index (χ4v) is 1.35. The van der Waals surface area contributed by atoms with Gasteiger partial charge in [0.05, 0.1) is 0 Å². The van der Waals surface area contributed by atoms with Crippen LogP contribution in [0.1, 0.15) is 32.3 Å². The number of carbonyl (C=O) groups excluding carboxylic acids is 2. The lowest BCUT2D eigenvalue weighted by Crippen LogP contribution is -2.11. The molecule has 1 aromatic carbocycles. The van der Waals surface area contributed by atoms with Crippen LogP contribution in [0.4, 0.5) is 0 Å². The van der Waals surface area contributed by atoms with E-state index in [0.29, 0.717) is 19.4 Å². The molecular weight excluding hydrogens is 216 g/mol. The fourth-order valence-electron chi connectivity index (χ4n) is 1.35. The van der Waals surface area contributed by atoms with Gasteiger partial charge in [-0.05, 0) is 18.9 Å². The molecule has 0 saturated carbocycles. The maximum absolute atomic E-state index is 11.4. The Morgan fingerprint density at radius 1 is 1.24 bits per heavy atom. The van der Waals surface area contributed by atoms with Crippen LogP contribution in [0.5, 0.6) is 0 Å². The summed E-state index contributed by atoms with van der Waals surface area (Å²) in [5.41, 5.74) is 0.973. The number of Topliss-reactive ketones (excluding diaryl/α,β-unsaturated/α-hetero) is 1. The third-order valence-corrected chi connectivity index (χ3v) is 2.72. The molecule has 0 aliphatic heterocycles. The number of ketones is 1. The van der Waals surface area contributed by atoms with Gasteiger partial charge in [-0.2, -0.15) is 0 Å². The van der Waals surface area contributed by atoms with E-state index in [2.05, 4.69) is 0 Å². The number of ether oxygens (including phenoxy) is 1. The van der Waals surface area contributed by atoms with Crippen LogP contribution in [0.3, 0.4) is 0 Å². The van der Waals surface area contributed by atoms with Crippen molar-refractivity contribution in [2.45, 2.75) is 33.3 Å². The van der Waals surface area contributed by atoms with Crippen LogP contribution in [0, 0.1) is 5.92 Å². The van der Waals surface area contributed by atoms with E-state index in [1.54, 1.807) is 6.92 Å². The topological polar surface area (TPSA) is 43.4 Å². The van der Waals surface area contributed by atoms with E-state index in [1.807, 2.05) is 37.3 Å². The van der Waals surface area contributed by atoms with Gasteiger partial charge in [0.2, 0.25) is 0 Å². The molecule has 0 aliphatic rings. The second-order valence-electron chi connectivity index (χ2n) is 4.20. The minimum atomic E-state index is -0.248. The Hall–Kier alpha value is -1.64. The van der Waals surface area contributed by atoms with Crippen molar-refractivity contribution in [3.05, 3.63) is 35.9 Å². The van der Waals surface area contributed by atoms with Crippen LogP contribution in [-0.4, -0.2) is 11.8 Å². The van der Waals surface area contributed by atoms with Gasteiger partial charge in [-0.3, -0.25) is 9.59 Å². The highest BCUT2D eigenvalue weighted by Gasteiger charge is 2.11. The Balaban J connectivity index is 2.24. The summed E-state index contributed by atoms with van der Waals surface area (Å²) in [6.45, 7) is 3.67. The summed E-state index contributed by atoms with van der Waals surface area (Å²) < 4.78 is 5.11. The van der Waals surface area contributed by atoms with Crippen LogP contribution in [0.25, 0.3) is 0 Å².